The fourth-order valence-corrected chi connectivity index (χ4v) is 6.15. The Balaban J connectivity index is 1.61. The second-order valence-corrected chi connectivity index (χ2v) is 10.7. The van der Waals surface area contributed by atoms with Crippen LogP contribution in [0.15, 0.2) is 164 Å². The van der Waals surface area contributed by atoms with Gasteiger partial charge in [0.05, 0.1) is 11.0 Å². The van der Waals surface area contributed by atoms with E-state index in [9.17, 15) is 0 Å². The van der Waals surface area contributed by atoms with E-state index in [4.69, 9.17) is 9.97 Å². The topological polar surface area (TPSA) is 30.7 Å². The number of benzene rings is 6. The fraction of sp³-hybridized carbons (Fsp3) is 0. The van der Waals surface area contributed by atoms with Gasteiger partial charge in [0.25, 0.3) is 0 Å². The van der Waals surface area contributed by atoms with Crippen LogP contribution in [0.4, 0.5) is 0 Å². The fourth-order valence-electron chi connectivity index (χ4n) is 6.15. The van der Waals surface area contributed by atoms with Gasteiger partial charge in [-0.15, -0.1) is 0 Å². The minimum atomic E-state index is 0.650. The van der Waals surface area contributed by atoms with Crippen LogP contribution in [0.1, 0.15) is 0 Å². The minimum Gasteiger partial charge on any atom is -0.277 e. The van der Waals surface area contributed by atoms with Gasteiger partial charge in [0.2, 0.25) is 5.95 Å². The number of nitrogens with zero attached hydrogens (tertiary/aromatic N) is 3. The molecule has 3 heteroatoms. The minimum absolute atomic E-state index is 0.650. The molecule has 0 spiro atoms. The molecule has 0 atom stereocenters. The van der Waals surface area contributed by atoms with Gasteiger partial charge in [-0.05, 0) is 63.7 Å². The molecule has 0 radical (unpaired) electrons. The van der Waals surface area contributed by atoms with Gasteiger partial charge in [0, 0.05) is 34.3 Å². The van der Waals surface area contributed by atoms with E-state index in [-0.39, 0.29) is 0 Å². The number of fused-ring (bicyclic) bond motifs is 3. The van der Waals surface area contributed by atoms with E-state index in [2.05, 4.69) is 150 Å². The molecule has 0 saturated carbocycles. The zero-order valence-corrected chi connectivity index (χ0v) is 23.4. The third kappa shape index (κ3) is 4.39. The molecule has 8 rings (SSSR count). The first-order chi connectivity index (χ1) is 21.3. The lowest BCUT2D eigenvalue weighted by molar-refractivity contribution is 0.989. The molecule has 0 bridgehead atoms. The highest BCUT2D eigenvalue weighted by Gasteiger charge is 2.23. The summed E-state index contributed by atoms with van der Waals surface area (Å²) in [5.74, 6) is 0.650. The van der Waals surface area contributed by atoms with E-state index in [1.165, 1.54) is 22.3 Å². The highest BCUT2D eigenvalue weighted by molar-refractivity contribution is 6.19. The van der Waals surface area contributed by atoms with Crippen molar-refractivity contribution in [2.45, 2.75) is 0 Å². The normalized spacial score (nSPS) is 11.3. The summed E-state index contributed by atoms with van der Waals surface area (Å²) in [6.07, 6.45) is 3.64. The Morgan fingerprint density at radius 1 is 0.349 bits per heavy atom. The first-order valence-electron chi connectivity index (χ1n) is 14.5. The molecule has 6 aromatic carbocycles. The first-order valence-corrected chi connectivity index (χ1v) is 14.5. The maximum Gasteiger partial charge on any atom is 0.234 e. The highest BCUT2D eigenvalue weighted by Crippen LogP contribution is 2.45. The second-order valence-electron chi connectivity index (χ2n) is 10.7. The van der Waals surface area contributed by atoms with Gasteiger partial charge >= 0.3 is 0 Å². The van der Waals surface area contributed by atoms with Gasteiger partial charge in [-0.25, -0.2) is 9.97 Å². The summed E-state index contributed by atoms with van der Waals surface area (Å²) in [6.45, 7) is 0. The third-order valence-corrected chi connectivity index (χ3v) is 8.09. The standard InChI is InChI=1S/C40H27N3/c1-5-14-28(15-6-1)32-24-34(30-18-9-3-10-19-30)38-36(26-32)37-27-33(29-16-7-2-8-17-29)25-35(31-20-11-4-12-21-31)39(37)43(38)40-41-22-13-23-42-40/h1-27H. The monoisotopic (exact) mass is 549 g/mol. The van der Waals surface area contributed by atoms with Crippen LogP contribution >= 0.6 is 0 Å². The Morgan fingerprint density at radius 3 is 1.12 bits per heavy atom. The quantitative estimate of drug-likeness (QED) is 0.214. The van der Waals surface area contributed by atoms with E-state index in [0.29, 0.717) is 5.95 Å². The summed E-state index contributed by atoms with van der Waals surface area (Å²) in [5, 5.41) is 2.33. The molecule has 0 amide bonds. The lowest BCUT2D eigenvalue weighted by atomic mass is 9.93. The first kappa shape index (κ1) is 25.0. The van der Waals surface area contributed by atoms with Crippen molar-refractivity contribution in [3.63, 3.8) is 0 Å². The average molecular weight is 550 g/mol. The summed E-state index contributed by atoms with van der Waals surface area (Å²) in [5.41, 5.74) is 11.5. The van der Waals surface area contributed by atoms with Crippen LogP contribution in [0, 0.1) is 0 Å². The Bertz CT molecular complexity index is 2050. The van der Waals surface area contributed by atoms with Crippen LogP contribution in [0.25, 0.3) is 72.3 Å². The Labute approximate surface area is 250 Å². The lowest BCUT2D eigenvalue weighted by Gasteiger charge is -2.14. The molecule has 202 valence electrons. The zero-order valence-electron chi connectivity index (χ0n) is 23.4. The summed E-state index contributed by atoms with van der Waals surface area (Å²) in [6, 6.07) is 53.7. The van der Waals surface area contributed by atoms with Crippen LogP contribution < -0.4 is 0 Å². The van der Waals surface area contributed by atoms with Crippen molar-refractivity contribution in [3.05, 3.63) is 164 Å². The van der Waals surface area contributed by atoms with E-state index in [1.807, 2.05) is 18.5 Å². The lowest BCUT2D eigenvalue weighted by Crippen LogP contribution is -2.02. The van der Waals surface area contributed by atoms with E-state index in [0.717, 1.165) is 44.1 Å². The molecule has 43 heavy (non-hydrogen) atoms. The molecule has 0 aliphatic rings. The van der Waals surface area contributed by atoms with Crippen molar-refractivity contribution in [1.29, 1.82) is 0 Å². The molecular formula is C40H27N3. The second kappa shape index (κ2) is 10.6. The smallest absolute Gasteiger partial charge is 0.234 e. The SMILES string of the molecule is c1ccc(-c2cc(-c3ccccc3)c3c(c2)c2cc(-c4ccccc4)cc(-c4ccccc4)c2n3-c2ncccn2)cc1. The van der Waals surface area contributed by atoms with Crippen molar-refractivity contribution in [2.24, 2.45) is 0 Å². The molecule has 0 aliphatic heterocycles. The van der Waals surface area contributed by atoms with E-state index < -0.39 is 0 Å². The summed E-state index contributed by atoms with van der Waals surface area (Å²) >= 11 is 0. The summed E-state index contributed by atoms with van der Waals surface area (Å²) < 4.78 is 2.26. The van der Waals surface area contributed by atoms with Crippen LogP contribution in [-0.2, 0) is 0 Å². The Morgan fingerprint density at radius 2 is 0.721 bits per heavy atom. The highest BCUT2D eigenvalue weighted by atomic mass is 15.1. The van der Waals surface area contributed by atoms with Gasteiger partial charge in [-0.3, -0.25) is 4.57 Å². The summed E-state index contributed by atoms with van der Waals surface area (Å²) in [4.78, 5) is 9.61. The van der Waals surface area contributed by atoms with Gasteiger partial charge in [-0.2, -0.15) is 0 Å². The molecule has 2 heterocycles. The third-order valence-electron chi connectivity index (χ3n) is 8.09. The Kier molecular flexibility index (Phi) is 6.12. The molecule has 0 aliphatic carbocycles. The number of rotatable bonds is 5. The van der Waals surface area contributed by atoms with Crippen molar-refractivity contribution in [3.8, 4) is 50.5 Å². The summed E-state index contributed by atoms with van der Waals surface area (Å²) in [7, 11) is 0. The van der Waals surface area contributed by atoms with Crippen molar-refractivity contribution in [2.75, 3.05) is 0 Å². The molecule has 2 aromatic heterocycles. The molecule has 3 nitrogen and oxygen atoms in total. The van der Waals surface area contributed by atoms with Crippen LogP contribution in [-0.4, -0.2) is 14.5 Å². The molecule has 0 N–H and O–H groups in total. The molecule has 0 saturated heterocycles. The van der Waals surface area contributed by atoms with Gasteiger partial charge in [0.15, 0.2) is 0 Å². The zero-order chi connectivity index (χ0) is 28.6. The predicted molar refractivity (Wildman–Crippen MR) is 178 cm³/mol. The number of hydrogen-bond donors (Lipinski definition) is 0. The average Bonchev–Trinajstić information content (AvgIpc) is 3.44. The van der Waals surface area contributed by atoms with E-state index in [1.54, 1.807) is 0 Å². The van der Waals surface area contributed by atoms with Crippen molar-refractivity contribution >= 4 is 21.8 Å². The molecular weight excluding hydrogens is 522 g/mol. The van der Waals surface area contributed by atoms with Gasteiger partial charge in [0.1, 0.15) is 0 Å². The van der Waals surface area contributed by atoms with E-state index >= 15 is 0 Å². The molecule has 0 unspecified atom stereocenters. The van der Waals surface area contributed by atoms with Gasteiger partial charge in [-0.1, -0.05) is 121 Å². The predicted octanol–water partition coefficient (Wildman–Crippen LogP) is 10.2. The number of aromatic nitrogens is 3. The van der Waals surface area contributed by atoms with Crippen molar-refractivity contribution in [1.82, 2.24) is 14.5 Å². The number of hydrogen-bond acceptors (Lipinski definition) is 2. The van der Waals surface area contributed by atoms with Gasteiger partial charge < -0.3 is 0 Å². The van der Waals surface area contributed by atoms with Crippen LogP contribution in [0.2, 0.25) is 0 Å². The molecule has 0 fully saturated rings. The molecule has 8 aromatic rings. The Hall–Kier alpha value is -5.80. The maximum atomic E-state index is 4.80. The van der Waals surface area contributed by atoms with Crippen LogP contribution in [0.3, 0.4) is 0 Å². The largest absolute Gasteiger partial charge is 0.277 e. The maximum absolute atomic E-state index is 4.80. The van der Waals surface area contributed by atoms with Crippen molar-refractivity contribution < 1.29 is 0 Å². The van der Waals surface area contributed by atoms with Crippen LogP contribution in [0.5, 0.6) is 0 Å².